The molecule has 0 radical (unpaired) electrons. The fourth-order valence-corrected chi connectivity index (χ4v) is 3.33. The van der Waals surface area contributed by atoms with Crippen LogP contribution in [-0.2, 0) is 0 Å². The average molecular weight is 467 g/mol. The summed E-state index contributed by atoms with van der Waals surface area (Å²) >= 11 is 2.29. The third-order valence-corrected chi connectivity index (χ3v) is 4.83. The number of oxazole rings is 1. The lowest BCUT2D eigenvalue weighted by molar-refractivity contribution is 0.364. The molecule has 0 aliphatic heterocycles. The first kappa shape index (κ1) is 17.8. The Labute approximate surface area is 171 Å². The van der Waals surface area contributed by atoms with E-state index in [9.17, 15) is 0 Å². The SMILES string of the molecule is Cc1ccc2oc(-c3cc(I)ccc3OCC=Cc3ccccc3)nc2c1. The Morgan fingerprint density at radius 1 is 1.04 bits per heavy atom. The second-order valence-electron chi connectivity index (χ2n) is 6.25. The summed E-state index contributed by atoms with van der Waals surface area (Å²) in [6, 6.07) is 22.2. The normalized spacial score (nSPS) is 11.3. The smallest absolute Gasteiger partial charge is 0.231 e. The highest BCUT2D eigenvalue weighted by Crippen LogP contribution is 2.33. The molecule has 1 aromatic heterocycles. The Morgan fingerprint density at radius 3 is 2.74 bits per heavy atom. The number of rotatable bonds is 5. The van der Waals surface area contributed by atoms with Gasteiger partial charge >= 0.3 is 0 Å². The maximum atomic E-state index is 6.00. The van der Waals surface area contributed by atoms with Crippen molar-refractivity contribution in [2.45, 2.75) is 6.92 Å². The van der Waals surface area contributed by atoms with E-state index < -0.39 is 0 Å². The number of fused-ring (bicyclic) bond motifs is 1. The molecule has 0 aliphatic carbocycles. The molecule has 27 heavy (non-hydrogen) atoms. The zero-order chi connectivity index (χ0) is 18.6. The number of nitrogens with zero attached hydrogens (tertiary/aromatic N) is 1. The Bertz CT molecular complexity index is 1100. The van der Waals surface area contributed by atoms with Crippen LogP contribution in [0.15, 0.2) is 77.2 Å². The van der Waals surface area contributed by atoms with E-state index in [1.807, 2.05) is 67.6 Å². The molecular formula is C23H18INO2. The highest BCUT2D eigenvalue weighted by molar-refractivity contribution is 14.1. The molecule has 3 aromatic carbocycles. The van der Waals surface area contributed by atoms with Gasteiger partial charge in [-0.2, -0.15) is 0 Å². The molecule has 3 nitrogen and oxygen atoms in total. The number of aromatic nitrogens is 1. The lowest BCUT2D eigenvalue weighted by Crippen LogP contribution is -1.96. The molecule has 1 heterocycles. The maximum Gasteiger partial charge on any atom is 0.231 e. The maximum absolute atomic E-state index is 6.00. The van der Waals surface area contributed by atoms with Crippen molar-refractivity contribution in [3.05, 3.63) is 87.5 Å². The van der Waals surface area contributed by atoms with E-state index in [1.165, 1.54) is 0 Å². The third kappa shape index (κ3) is 4.22. The van der Waals surface area contributed by atoms with Gasteiger partial charge < -0.3 is 9.15 Å². The summed E-state index contributed by atoms with van der Waals surface area (Å²) in [7, 11) is 0. The minimum absolute atomic E-state index is 0.474. The monoisotopic (exact) mass is 467 g/mol. The van der Waals surface area contributed by atoms with E-state index in [4.69, 9.17) is 9.15 Å². The van der Waals surface area contributed by atoms with Gasteiger partial charge in [-0.1, -0.05) is 42.5 Å². The van der Waals surface area contributed by atoms with E-state index >= 15 is 0 Å². The summed E-state index contributed by atoms with van der Waals surface area (Å²) in [5, 5.41) is 0. The van der Waals surface area contributed by atoms with Crippen LogP contribution in [0.4, 0.5) is 0 Å². The van der Waals surface area contributed by atoms with Crippen molar-refractivity contribution in [2.75, 3.05) is 6.61 Å². The number of ether oxygens (including phenoxy) is 1. The van der Waals surface area contributed by atoms with Crippen LogP contribution in [0.1, 0.15) is 11.1 Å². The van der Waals surface area contributed by atoms with E-state index in [-0.39, 0.29) is 0 Å². The molecule has 4 heteroatoms. The predicted molar refractivity (Wildman–Crippen MR) is 118 cm³/mol. The van der Waals surface area contributed by atoms with Gasteiger partial charge in [-0.05, 0) is 77.0 Å². The molecule has 0 spiro atoms. The minimum atomic E-state index is 0.474. The predicted octanol–water partition coefficient (Wildman–Crippen LogP) is 6.50. The molecule has 0 atom stereocenters. The molecule has 0 N–H and O–H groups in total. The molecule has 0 fully saturated rings. The Balaban J connectivity index is 1.59. The first-order valence-corrected chi connectivity index (χ1v) is 9.78. The molecule has 0 bridgehead atoms. The van der Waals surface area contributed by atoms with Crippen molar-refractivity contribution >= 4 is 39.8 Å². The van der Waals surface area contributed by atoms with Gasteiger partial charge in [0.05, 0.1) is 5.56 Å². The third-order valence-electron chi connectivity index (χ3n) is 4.16. The Hall–Kier alpha value is -2.60. The van der Waals surface area contributed by atoms with Crippen LogP contribution in [-0.4, -0.2) is 11.6 Å². The second-order valence-corrected chi connectivity index (χ2v) is 7.50. The summed E-state index contributed by atoms with van der Waals surface area (Å²) in [6.07, 6.45) is 4.06. The summed E-state index contributed by atoms with van der Waals surface area (Å²) in [4.78, 5) is 4.65. The quantitative estimate of drug-likeness (QED) is 0.315. The van der Waals surface area contributed by atoms with Crippen LogP contribution in [0.2, 0.25) is 0 Å². The van der Waals surface area contributed by atoms with E-state index in [0.717, 1.165) is 37.1 Å². The molecule has 0 aliphatic rings. The van der Waals surface area contributed by atoms with Crippen LogP contribution >= 0.6 is 22.6 Å². The van der Waals surface area contributed by atoms with Gasteiger partial charge in [0.1, 0.15) is 17.9 Å². The molecular weight excluding hydrogens is 449 g/mol. The largest absolute Gasteiger partial charge is 0.489 e. The van der Waals surface area contributed by atoms with Crippen molar-refractivity contribution in [1.82, 2.24) is 4.98 Å². The highest BCUT2D eigenvalue weighted by atomic mass is 127. The fraction of sp³-hybridized carbons (Fsp3) is 0.0870. The number of halogens is 1. The molecule has 4 aromatic rings. The highest BCUT2D eigenvalue weighted by Gasteiger charge is 2.14. The van der Waals surface area contributed by atoms with Gasteiger partial charge in [0, 0.05) is 3.57 Å². The number of hydrogen-bond donors (Lipinski definition) is 0. The van der Waals surface area contributed by atoms with E-state index in [2.05, 4.69) is 45.8 Å². The second kappa shape index (κ2) is 7.96. The summed E-state index contributed by atoms with van der Waals surface area (Å²) in [6.45, 7) is 2.52. The minimum Gasteiger partial charge on any atom is -0.489 e. The van der Waals surface area contributed by atoms with Gasteiger partial charge in [-0.25, -0.2) is 4.98 Å². The fourth-order valence-electron chi connectivity index (χ4n) is 2.83. The number of hydrogen-bond acceptors (Lipinski definition) is 3. The lowest BCUT2D eigenvalue weighted by Gasteiger charge is -2.08. The van der Waals surface area contributed by atoms with Crippen LogP contribution in [0, 0.1) is 10.5 Å². The Morgan fingerprint density at radius 2 is 1.89 bits per heavy atom. The zero-order valence-electron chi connectivity index (χ0n) is 14.9. The van der Waals surface area contributed by atoms with Gasteiger partial charge in [0.15, 0.2) is 5.58 Å². The van der Waals surface area contributed by atoms with Crippen LogP contribution in [0.5, 0.6) is 5.75 Å². The van der Waals surface area contributed by atoms with Crippen LogP contribution in [0.3, 0.4) is 0 Å². The standard InChI is InChI=1S/C23H18INO2/c1-16-9-11-22-20(14-16)25-23(27-22)19-15-18(24)10-12-21(19)26-13-5-8-17-6-3-2-4-7-17/h2-12,14-15H,13H2,1H3. The number of benzene rings is 3. The zero-order valence-corrected chi connectivity index (χ0v) is 17.0. The summed E-state index contributed by atoms with van der Waals surface area (Å²) in [5.41, 5.74) is 4.82. The van der Waals surface area contributed by atoms with Crippen molar-refractivity contribution in [2.24, 2.45) is 0 Å². The van der Waals surface area contributed by atoms with Crippen molar-refractivity contribution in [3.63, 3.8) is 0 Å². The van der Waals surface area contributed by atoms with E-state index in [1.54, 1.807) is 0 Å². The first-order chi connectivity index (χ1) is 13.2. The van der Waals surface area contributed by atoms with Crippen LogP contribution in [0.25, 0.3) is 28.6 Å². The van der Waals surface area contributed by atoms with E-state index in [0.29, 0.717) is 12.5 Å². The van der Waals surface area contributed by atoms with Crippen molar-refractivity contribution in [1.29, 1.82) is 0 Å². The number of aryl methyl sites for hydroxylation is 1. The molecule has 0 amide bonds. The van der Waals surface area contributed by atoms with Crippen LogP contribution < -0.4 is 4.74 Å². The van der Waals surface area contributed by atoms with Crippen molar-refractivity contribution < 1.29 is 9.15 Å². The topological polar surface area (TPSA) is 35.3 Å². The molecule has 0 unspecified atom stereocenters. The average Bonchev–Trinajstić information content (AvgIpc) is 3.10. The molecule has 0 saturated heterocycles. The molecule has 134 valence electrons. The van der Waals surface area contributed by atoms with Gasteiger partial charge in [0.2, 0.25) is 5.89 Å². The lowest BCUT2D eigenvalue weighted by atomic mass is 10.2. The summed E-state index contributed by atoms with van der Waals surface area (Å²) in [5.74, 6) is 1.34. The van der Waals surface area contributed by atoms with Gasteiger partial charge in [-0.3, -0.25) is 0 Å². The summed E-state index contributed by atoms with van der Waals surface area (Å²) < 4.78 is 13.1. The molecule has 0 saturated carbocycles. The van der Waals surface area contributed by atoms with Gasteiger partial charge in [-0.15, -0.1) is 0 Å². The van der Waals surface area contributed by atoms with Gasteiger partial charge in [0.25, 0.3) is 0 Å². The molecule has 4 rings (SSSR count). The first-order valence-electron chi connectivity index (χ1n) is 8.70. The van der Waals surface area contributed by atoms with Crippen molar-refractivity contribution in [3.8, 4) is 17.2 Å². The Kier molecular flexibility index (Phi) is 5.25.